The number of fused-ring (bicyclic) bond motifs is 1. The molecular weight excluding hydrogens is 420 g/mol. The molecule has 0 radical (unpaired) electrons. The largest absolute Gasteiger partial charge is 0.507 e. The van der Waals surface area contributed by atoms with Gasteiger partial charge in [0.1, 0.15) is 17.6 Å². The number of hydrogen-bond donors (Lipinski definition) is 2. The number of para-hydroxylation sites is 2. The molecule has 2 N–H and O–H groups in total. The number of imidazole rings is 1. The number of pyridine rings is 1. The summed E-state index contributed by atoms with van der Waals surface area (Å²) in [7, 11) is 1.56. The quantitative estimate of drug-likeness (QED) is 0.283. The molecule has 0 aliphatic carbocycles. The van der Waals surface area contributed by atoms with Crippen molar-refractivity contribution in [3.8, 4) is 5.75 Å². The van der Waals surface area contributed by atoms with Crippen LogP contribution < -0.4 is 9.64 Å². The van der Waals surface area contributed by atoms with Crippen molar-refractivity contribution in [3.05, 3.63) is 89.3 Å². The molecule has 1 amide bonds. The Bertz CT molecular complexity index is 1390. The maximum atomic E-state index is 13.2. The van der Waals surface area contributed by atoms with Gasteiger partial charge in [0.05, 0.1) is 29.4 Å². The highest BCUT2D eigenvalue weighted by Crippen LogP contribution is 2.41. The lowest BCUT2D eigenvalue weighted by Gasteiger charge is -2.22. The zero-order valence-corrected chi connectivity index (χ0v) is 17.9. The molecular formula is C25H20N4O4. The number of nitrogens with one attached hydrogen (secondary N) is 1. The number of carbonyl (C=O) groups is 2. The van der Waals surface area contributed by atoms with E-state index in [4.69, 9.17) is 4.74 Å². The third-order valence-corrected chi connectivity index (χ3v) is 5.69. The summed E-state index contributed by atoms with van der Waals surface area (Å²) in [5.74, 6) is -1.03. The van der Waals surface area contributed by atoms with Gasteiger partial charge in [-0.2, -0.15) is 0 Å². The normalized spacial score (nSPS) is 17.6. The minimum absolute atomic E-state index is 0.0521. The van der Waals surface area contributed by atoms with E-state index in [1.54, 1.807) is 49.7 Å². The van der Waals surface area contributed by atoms with Crippen molar-refractivity contribution in [1.82, 2.24) is 15.0 Å². The van der Waals surface area contributed by atoms with Gasteiger partial charge in [0.25, 0.3) is 5.78 Å². The number of aromatic amines is 1. The average Bonchev–Trinajstić information content (AvgIpc) is 3.37. The maximum Gasteiger partial charge on any atom is 0.302 e. The van der Waals surface area contributed by atoms with Gasteiger partial charge in [-0.05, 0) is 55.0 Å². The monoisotopic (exact) mass is 440 g/mol. The molecule has 1 aliphatic rings. The number of nitrogens with zero attached hydrogens (tertiary/aromatic N) is 3. The summed E-state index contributed by atoms with van der Waals surface area (Å²) in [6.45, 7) is 1.83. The second-order valence-corrected chi connectivity index (χ2v) is 7.69. The summed E-state index contributed by atoms with van der Waals surface area (Å²) in [6.07, 6.45) is 1.58. The summed E-state index contributed by atoms with van der Waals surface area (Å²) in [5.41, 5.74) is 2.94. The van der Waals surface area contributed by atoms with Crippen molar-refractivity contribution in [2.24, 2.45) is 0 Å². The SMILES string of the molecule is COc1ccc(/C(O)=C2\C(=O)C(=O)N(c3nc4ccccc4[nH]3)C2c2ccccn2)cc1C. The third-order valence-electron chi connectivity index (χ3n) is 5.69. The number of ether oxygens (including phenoxy) is 1. The molecule has 0 saturated carbocycles. The molecule has 1 aliphatic heterocycles. The van der Waals surface area contributed by atoms with Crippen LogP contribution in [0.2, 0.25) is 0 Å². The summed E-state index contributed by atoms with van der Waals surface area (Å²) in [6, 6.07) is 16.6. The molecule has 5 rings (SSSR count). The topological polar surface area (TPSA) is 108 Å². The number of benzene rings is 2. The summed E-state index contributed by atoms with van der Waals surface area (Å²) < 4.78 is 5.29. The summed E-state index contributed by atoms with van der Waals surface area (Å²) in [5, 5.41) is 11.2. The van der Waals surface area contributed by atoms with E-state index in [1.807, 2.05) is 31.2 Å². The molecule has 4 aromatic rings. The van der Waals surface area contributed by atoms with Gasteiger partial charge >= 0.3 is 5.91 Å². The Kier molecular flexibility index (Phi) is 4.90. The molecule has 33 heavy (non-hydrogen) atoms. The molecule has 164 valence electrons. The lowest BCUT2D eigenvalue weighted by atomic mass is 9.97. The fourth-order valence-corrected chi connectivity index (χ4v) is 4.10. The van der Waals surface area contributed by atoms with E-state index in [2.05, 4.69) is 15.0 Å². The van der Waals surface area contributed by atoms with E-state index in [0.29, 0.717) is 22.5 Å². The van der Waals surface area contributed by atoms with Gasteiger partial charge in [0, 0.05) is 11.8 Å². The Morgan fingerprint density at radius 1 is 1.09 bits per heavy atom. The molecule has 8 heteroatoms. The number of H-pyrrole nitrogens is 1. The van der Waals surface area contributed by atoms with Crippen LogP contribution in [0.25, 0.3) is 16.8 Å². The molecule has 1 saturated heterocycles. The number of aryl methyl sites for hydroxylation is 1. The van der Waals surface area contributed by atoms with Crippen LogP contribution >= 0.6 is 0 Å². The number of hydrogen-bond acceptors (Lipinski definition) is 6. The number of Topliss-reactive ketones (excluding diaryl/α,β-unsaturated/α-hetero) is 1. The number of rotatable bonds is 4. The number of carbonyl (C=O) groups excluding carboxylic acids is 2. The molecule has 2 aromatic carbocycles. The van der Waals surface area contributed by atoms with Gasteiger partial charge in [-0.25, -0.2) is 4.98 Å². The van der Waals surface area contributed by atoms with E-state index in [9.17, 15) is 14.7 Å². The van der Waals surface area contributed by atoms with Gasteiger partial charge in [0.2, 0.25) is 5.95 Å². The zero-order chi connectivity index (χ0) is 23.1. The molecule has 3 heterocycles. The van der Waals surface area contributed by atoms with Crippen molar-refractivity contribution >= 4 is 34.4 Å². The van der Waals surface area contributed by atoms with Crippen LogP contribution in [0.3, 0.4) is 0 Å². The highest BCUT2D eigenvalue weighted by atomic mass is 16.5. The number of amides is 1. The highest BCUT2D eigenvalue weighted by molar-refractivity contribution is 6.51. The number of aliphatic hydroxyl groups is 1. The van der Waals surface area contributed by atoms with Crippen molar-refractivity contribution in [1.29, 1.82) is 0 Å². The van der Waals surface area contributed by atoms with E-state index in [0.717, 1.165) is 11.1 Å². The predicted octanol–water partition coefficient (Wildman–Crippen LogP) is 3.90. The van der Waals surface area contributed by atoms with Crippen molar-refractivity contribution < 1.29 is 19.4 Å². The third kappa shape index (κ3) is 3.32. The minimum Gasteiger partial charge on any atom is -0.507 e. The van der Waals surface area contributed by atoms with Crippen LogP contribution in [0.1, 0.15) is 22.9 Å². The van der Waals surface area contributed by atoms with Gasteiger partial charge in [0.15, 0.2) is 0 Å². The minimum atomic E-state index is -0.950. The summed E-state index contributed by atoms with van der Waals surface area (Å²) in [4.78, 5) is 39.7. The Hall–Kier alpha value is -4.46. The standard InChI is InChI=1S/C25H20N4O4/c1-14-13-15(10-11-19(14)33-2)22(30)20-21(18-9-5-6-12-26-18)29(24(32)23(20)31)25-27-16-7-3-4-8-17(16)28-25/h3-13,21,30H,1-2H3,(H,27,28)/b22-20+. The van der Waals surface area contributed by atoms with Crippen LogP contribution in [0.15, 0.2) is 72.4 Å². The molecule has 0 bridgehead atoms. The van der Waals surface area contributed by atoms with Crippen LogP contribution in [0.4, 0.5) is 5.95 Å². The number of aliphatic hydroxyl groups excluding tert-OH is 1. The van der Waals surface area contributed by atoms with Crippen LogP contribution in [0.5, 0.6) is 5.75 Å². The highest BCUT2D eigenvalue weighted by Gasteiger charge is 2.48. The molecule has 1 fully saturated rings. The fourth-order valence-electron chi connectivity index (χ4n) is 4.10. The molecule has 2 aromatic heterocycles. The lowest BCUT2D eigenvalue weighted by Crippen LogP contribution is -2.30. The first kappa shape index (κ1) is 20.4. The Labute approximate surface area is 189 Å². The smallest absolute Gasteiger partial charge is 0.302 e. The zero-order valence-electron chi connectivity index (χ0n) is 17.9. The van der Waals surface area contributed by atoms with Gasteiger partial charge in [-0.15, -0.1) is 0 Å². The van der Waals surface area contributed by atoms with E-state index >= 15 is 0 Å². The van der Waals surface area contributed by atoms with Crippen molar-refractivity contribution in [2.75, 3.05) is 12.0 Å². The van der Waals surface area contributed by atoms with Crippen LogP contribution in [-0.2, 0) is 9.59 Å². The van der Waals surface area contributed by atoms with Gasteiger partial charge in [-0.3, -0.25) is 19.5 Å². The molecule has 1 atom stereocenters. The van der Waals surface area contributed by atoms with Crippen molar-refractivity contribution in [2.45, 2.75) is 13.0 Å². The van der Waals surface area contributed by atoms with Crippen LogP contribution in [0, 0.1) is 6.92 Å². The predicted molar refractivity (Wildman–Crippen MR) is 123 cm³/mol. The average molecular weight is 440 g/mol. The van der Waals surface area contributed by atoms with E-state index in [1.165, 1.54) is 4.90 Å². The first-order valence-corrected chi connectivity index (χ1v) is 10.3. The first-order chi connectivity index (χ1) is 16.0. The van der Waals surface area contributed by atoms with E-state index < -0.39 is 17.7 Å². The Morgan fingerprint density at radius 2 is 1.88 bits per heavy atom. The number of anilines is 1. The second-order valence-electron chi connectivity index (χ2n) is 7.69. The maximum absolute atomic E-state index is 13.2. The number of methoxy groups -OCH3 is 1. The fraction of sp³-hybridized carbons (Fsp3) is 0.120. The second kappa shape index (κ2) is 7.90. The van der Waals surface area contributed by atoms with Crippen molar-refractivity contribution in [3.63, 3.8) is 0 Å². The van der Waals surface area contributed by atoms with Gasteiger partial charge in [-0.1, -0.05) is 18.2 Å². The van der Waals surface area contributed by atoms with E-state index in [-0.39, 0.29) is 17.3 Å². The summed E-state index contributed by atoms with van der Waals surface area (Å²) >= 11 is 0. The number of ketones is 1. The molecule has 0 spiro atoms. The van der Waals surface area contributed by atoms with Crippen LogP contribution in [-0.4, -0.2) is 38.9 Å². The molecule has 8 nitrogen and oxygen atoms in total. The Morgan fingerprint density at radius 3 is 2.58 bits per heavy atom. The molecule has 1 unspecified atom stereocenters. The number of aromatic nitrogens is 3. The first-order valence-electron chi connectivity index (χ1n) is 10.3. The Balaban J connectivity index is 1.72. The lowest BCUT2D eigenvalue weighted by molar-refractivity contribution is -0.132. The van der Waals surface area contributed by atoms with Gasteiger partial charge < -0.3 is 14.8 Å².